The Kier molecular flexibility index (Phi) is 3.69. The number of isocyanates is 1. The van der Waals surface area contributed by atoms with Crippen LogP contribution in [-0.4, -0.2) is 6.08 Å². The molecule has 0 saturated carbocycles. The highest BCUT2D eigenvalue weighted by molar-refractivity contribution is 5.38. The minimum atomic E-state index is -0.888. The summed E-state index contributed by atoms with van der Waals surface area (Å²) in [6.45, 7) is 3.28. The molecule has 1 aromatic rings. The van der Waals surface area contributed by atoms with E-state index in [-0.39, 0.29) is 5.56 Å². The van der Waals surface area contributed by atoms with E-state index in [2.05, 4.69) is 4.99 Å². The first kappa shape index (κ1) is 11.5. The van der Waals surface area contributed by atoms with Gasteiger partial charge in [0.15, 0.2) is 11.6 Å². The largest absolute Gasteiger partial charge is 0.235 e. The summed E-state index contributed by atoms with van der Waals surface area (Å²) in [7, 11) is 0. The summed E-state index contributed by atoms with van der Waals surface area (Å²) in [5.41, 5.74) is 0.723. The van der Waals surface area contributed by atoms with Crippen molar-refractivity contribution >= 4 is 6.08 Å². The Labute approximate surface area is 86.6 Å². The summed E-state index contributed by atoms with van der Waals surface area (Å²) in [6.07, 6.45) is 1.98. The molecule has 0 aliphatic rings. The molecule has 0 saturated heterocycles. The molecule has 0 amide bonds. The van der Waals surface area contributed by atoms with Gasteiger partial charge in [-0.2, -0.15) is 4.99 Å². The second kappa shape index (κ2) is 4.80. The Morgan fingerprint density at radius 3 is 2.67 bits per heavy atom. The molecule has 0 heterocycles. The monoisotopic (exact) mass is 211 g/mol. The summed E-state index contributed by atoms with van der Waals surface area (Å²) in [5, 5.41) is 0. The minimum Gasteiger partial charge on any atom is -0.211 e. The second-order valence-electron chi connectivity index (χ2n) is 3.22. The molecule has 0 aromatic heterocycles. The van der Waals surface area contributed by atoms with Gasteiger partial charge in [-0.05, 0) is 30.5 Å². The Morgan fingerprint density at radius 2 is 2.13 bits per heavy atom. The quantitative estimate of drug-likeness (QED) is 0.558. The lowest BCUT2D eigenvalue weighted by Gasteiger charge is -2.12. The molecule has 1 rings (SSSR count). The van der Waals surface area contributed by atoms with Gasteiger partial charge in [0, 0.05) is 0 Å². The fraction of sp³-hybridized carbons (Fsp3) is 0.364. The van der Waals surface area contributed by atoms with E-state index in [1.54, 1.807) is 0 Å². The van der Waals surface area contributed by atoms with Crippen LogP contribution in [0.15, 0.2) is 17.1 Å². The van der Waals surface area contributed by atoms with Crippen molar-refractivity contribution in [3.63, 3.8) is 0 Å². The highest BCUT2D eigenvalue weighted by Crippen LogP contribution is 2.26. The molecule has 0 bridgehead atoms. The molecule has 1 aromatic carbocycles. The van der Waals surface area contributed by atoms with Crippen molar-refractivity contribution in [3.05, 3.63) is 34.9 Å². The lowest BCUT2D eigenvalue weighted by Crippen LogP contribution is -2.01. The average molecular weight is 211 g/mol. The molecular formula is C11H11F2NO. The molecule has 0 radical (unpaired) electrons. The normalized spacial score (nSPS) is 12.0. The number of nitrogens with zero attached hydrogens (tertiary/aromatic N) is 1. The van der Waals surface area contributed by atoms with E-state index < -0.39 is 17.7 Å². The van der Waals surface area contributed by atoms with Crippen molar-refractivity contribution in [3.8, 4) is 0 Å². The lowest BCUT2D eigenvalue weighted by molar-refractivity contribution is 0.498. The van der Waals surface area contributed by atoms with Crippen LogP contribution in [0.2, 0.25) is 0 Å². The number of hydrogen-bond donors (Lipinski definition) is 0. The van der Waals surface area contributed by atoms with E-state index in [4.69, 9.17) is 0 Å². The van der Waals surface area contributed by atoms with Gasteiger partial charge in [-0.25, -0.2) is 13.6 Å². The van der Waals surface area contributed by atoms with Crippen LogP contribution in [0.5, 0.6) is 0 Å². The van der Waals surface area contributed by atoms with Crippen molar-refractivity contribution < 1.29 is 13.6 Å². The molecule has 4 heteroatoms. The van der Waals surface area contributed by atoms with E-state index in [9.17, 15) is 13.6 Å². The van der Waals surface area contributed by atoms with Crippen LogP contribution in [0.1, 0.15) is 30.5 Å². The highest BCUT2D eigenvalue weighted by atomic mass is 19.2. The second-order valence-corrected chi connectivity index (χ2v) is 3.22. The van der Waals surface area contributed by atoms with Crippen molar-refractivity contribution in [1.29, 1.82) is 0 Å². The van der Waals surface area contributed by atoms with Gasteiger partial charge in [0.25, 0.3) is 0 Å². The topological polar surface area (TPSA) is 29.4 Å². The summed E-state index contributed by atoms with van der Waals surface area (Å²) < 4.78 is 26.0. The zero-order valence-corrected chi connectivity index (χ0v) is 8.55. The fourth-order valence-corrected chi connectivity index (χ4v) is 1.47. The first-order chi connectivity index (χ1) is 7.11. The SMILES string of the molecule is CCC(N=C=O)c1ccc(F)c(F)c1C. The predicted molar refractivity (Wildman–Crippen MR) is 52.2 cm³/mol. The summed E-state index contributed by atoms with van der Waals surface area (Å²) in [6, 6.07) is 2.04. The molecule has 0 fully saturated rings. The van der Waals surface area contributed by atoms with Gasteiger partial charge in [-0.15, -0.1) is 0 Å². The third-order valence-corrected chi connectivity index (χ3v) is 2.34. The summed E-state index contributed by atoms with van der Waals surface area (Å²) >= 11 is 0. The summed E-state index contributed by atoms with van der Waals surface area (Å²) in [5.74, 6) is -1.77. The molecule has 0 N–H and O–H groups in total. The summed E-state index contributed by atoms with van der Waals surface area (Å²) in [4.78, 5) is 13.7. The Balaban J connectivity index is 3.25. The van der Waals surface area contributed by atoms with Crippen LogP contribution in [-0.2, 0) is 4.79 Å². The number of hydrogen-bond acceptors (Lipinski definition) is 2. The van der Waals surface area contributed by atoms with Crippen molar-refractivity contribution in [2.75, 3.05) is 0 Å². The molecule has 0 spiro atoms. The highest BCUT2D eigenvalue weighted by Gasteiger charge is 2.15. The van der Waals surface area contributed by atoms with E-state index in [0.29, 0.717) is 12.0 Å². The van der Waals surface area contributed by atoms with Crippen LogP contribution < -0.4 is 0 Å². The average Bonchev–Trinajstić information content (AvgIpc) is 2.24. The van der Waals surface area contributed by atoms with Crippen LogP contribution >= 0.6 is 0 Å². The maximum Gasteiger partial charge on any atom is 0.235 e. The molecule has 2 nitrogen and oxygen atoms in total. The zero-order valence-electron chi connectivity index (χ0n) is 8.55. The Hall–Kier alpha value is -1.54. The van der Waals surface area contributed by atoms with E-state index in [0.717, 1.165) is 6.07 Å². The molecular weight excluding hydrogens is 200 g/mol. The number of aliphatic imine (C=N–C) groups is 1. The van der Waals surface area contributed by atoms with Gasteiger partial charge in [0.2, 0.25) is 6.08 Å². The van der Waals surface area contributed by atoms with Gasteiger partial charge in [-0.3, -0.25) is 0 Å². The zero-order chi connectivity index (χ0) is 11.4. The molecule has 1 unspecified atom stereocenters. The first-order valence-electron chi connectivity index (χ1n) is 4.63. The van der Waals surface area contributed by atoms with Crippen molar-refractivity contribution in [1.82, 2.24) is 0 Å². The maximum absolute atomic E-state index is 13.2. The standard InChI is InChI=1S/C11H11F2NO/c1-3-10(14-6-15)8-4-5-9(12)11(13)7(8)2/h4-5,10H,3H2,1-2H3. The fourth-order valence-electron chi connectivity index (χ4n) is 1.47. The van der Waals surface area contributed by atoms with Gasteiger partial charge < -0.3 is 0 Å². The van der Waals surface area contributed by atoms with Crippen molar-refractivity contribution in [2.45, 2.75) is 26.3 Å². The maximum atomic E-state index is 13.2. The van der Waals surface area contributed by atoms with Gasteiger partial charge in [0.1, 0.15) is 0 Å². The number of benzene rings is 1. The van der Waals surface area contributed by atoms with Gasteiger partial charge in [-0.1, -0.05) is 13.0 Å². The Morgan fingerprint density at radius 1 is 1.47 bits per heavy atom. The third kappa shape index (κ3) is 2.28. The van der Waals surface area contributed by atoms with E-state index in [1.165, 1.54) is 19.1 Å². The Bertz CT molecular complexity index is 411. The lowest BCUT2D eigenvalue weighted by atomic mass is 9.99. The number of rotatable bonds is 3. The van der Waals surface area contributed by atoms with Crippen LogP contribution in [0.3, 0.4) is 0 Å². The number of carbonyl (C=O) groups excluding carboxylic acids is 1. The van der Waals surface area contributed by atoms with E-state index >= 15 is 0 Å². The molecule has 1 atom stereocenters. The molecule has 15 heavy (non-hydrogen) atoms. The van der Waals surface area contributed by atoms with Crippen LogP contribution in [0.25, 0.3) is 0 Å². The minimum absolute atomic E-state index is 0.195. The predicted octanol–water partition coefficient (Wildman–Crippen LogP) is 3.06. The smallest absolute Gasteiger partial charge is 0.211 e. The van der Waals surface area contributed by atoms with Crippen LogP contribution in [0.4, 0.5) is 8.78 Å². The van der Waals surface area contributed by atoms with Crippen molar-refractivity contribution in [2.24, 2.45) is 4.99 Å². The van der Waals surface area contributed by atoms with Crippen LogP contribution in [0, 0.1) is 18.6 Å². The number of halogens is 2. The molecule has 0 aliphatic heterocycles. The van der Waals surface area contributed by atoms with Gasteiger partial charge in [0.05, 0.1) is 6.04 Å². The van der Waals surface area contributed by atoms with Gasteiger partial charge >= 0.3 is 0 Å². The first-order valence-corrected chi connectivity index (χ1v) is 4.63. The van der Waals surface area contributed by atoms with E-state index in [1.807, 2.05) is 6.92 Å². The molecule has 0 aliphatic carbocycles. The third-order valence-electron chi connectivity index (χ3n) is 2.34. The molecule has 80 valence electrons.